The van der Waals surface area contributed by atoms with Crippen molar-refractivity contribution in [1.29, 1.82) is 0 Å². The molecule has 104 valence electrons. The van der Waals surface area contributed by atoms with Crippen molar-refractivity contribution in [2.45, 2.75) is 19.4 Å². The van der Waals surface area contributed by atoms with Crippen LogP contribution in [0.2, 0.25) is 0 Å². The molecule has 0 saturated carbocycles. The van der Waals surface area contributed by atoms with E-state index in [4.69, 9.17) is 9.47 Å². The van der Waals surface area contributed by atoms with Crippen LogP contribution < -0.4 is 4.74 Å². The van der Waals surface area contributed by atoms with Gasteiger partial charge in [-0.05, 0) is 23.6 Å². The van der Waals surface area contributed by atoms with Crippen molar-refractivity contribution in [1.82, 2.24) is 0 Å². The van der Waals surface area contributed by atoms with Crippen LogP contribution in [0, 0.1) is 0 Å². The predicted molar refractivity (Wildman–Crippen MR) is 77.6 cm³/mol. The van der Waals surface area contributed by atoms with Gasteiger partial charge >= 0.3 is 5.97 Å². The SMILES string of the molecule is COc1ccccc1CCC(=O)OCc1ccccc1. The van der Waals surface area contributed by atoms with E-state index < -0.39 is 0 Å². The summed E-state index contributed by atoms with van der Waals surface area (Å²) < 4.78 is 10.5. The maximum atomic E-state index is 11.7. The highest BCUT2D eigenvalue weighted by Crippen LogP contribution is 2.19. The number of carbonyl (C=O) groups excluding carboxylic acids is 1. The third-order valence-corrected chi connectivity index (χ3v) is 3.03. The topological polar surface area (TPSA) is 35.5 Å². The van der Waals surface area contributed by atoms with Crippen LogP contribution in [0.4, 0.5) is 0 Å². The van der Waals surface area contributed by atoms with Crippen LogP contribution in [0.1, 0.15) is 17.5 Å². The molecule has 0 bridgehead atoms. The van der Waals surface area contributed by atoms with Crippen molar-refractivity contribution in [3.8, 4) is 5.75 Å². The number of hydrogen-bond donors (Lipinski definition) is 0. The van der Waals surface area contributed by atoms with E-state index in [1.807, 2.05) is 54.6 Å². The average molecular weight is 270 g/mol. The molecule has 20 heavy (non-hydrogen) atoms. The first-order valence-electron chi connectivity index (χ1n) is 6.61. The molecule has 3 nitrogen and oxygen atoms in total. The lowest BCUT2D eigenvalue weighted by Gasteiger charge is -2.08. The molecule has 0 aliphatic carbocycles. The van der Waals surface area contributed by atoms with Crippen LogP contribution in [0.15, 0.2) is 54.6 Å². The summed E-state index contributed by atoms with van der Waals surface area (Å²) in [6.07, 6.45) is 0.977. The Bertz CT molecular complexity index is 549. The summed E-state index contributed by atoms with van der Waals surface area (Å²) in [5, 5.41) is 0. The van der Waals surface area contributed by atoms with Crippen LogP contribution in [0.3, 0.4) is 0 Å². The van der Waals surface area contributed by atoms with Gasteiger partial charge in [0.2, 0.25) is 0 Å². The second-order valence-corrected chi connectivity index (χ2v) is 4.46. The molecule has 0 spiro atoms. The molecule has 0 saturated heterocycles. The Morgan fingerprint density at radius 3 is 2.45 bits per heavy atom. The van der Waals surface area contributed by atoms with Crippen LogP contribution in [0.5, 0.6) is 5.75 Å². The van der Waals surface area contributed by atoms with Crippen molar-refractivity contribution in [3.05, 3.63) is 65.7 Å². The van der Waals surface area contributed by atoms with Crippen LogP contribution in [0.25, 0.3) is 0 Å². The number of carbonyl (C=O) groups is 1. The molecule has 0 heterocycles. The predicted octanol–water partition coefficient (Wildman–Crippen LogP) is 3.37. The number of methoxy groups -OCH3 is 1. The summed E-state index contributed by atoms with van der Waals surface area (Å²) in [4.78, 5) is 11.7. The molecular formula is C17H18O3. The summed E-state index contributed by atoms with van der Waals surface area (Å²) in [5.41, 5.74) is 2.02. The molecule has 0 amide bonds. The zero-order valence-electron chi connectivity index (χ0n) is 11.5. The van der Waals surface area contributed by atoms with Gasteiger partial charge in [-0.1, -0.05) is 48.5 Å². The first kappa shape index (κ1) is 14.1. The van der Waals surface area contributed by atoms with E-state index in [9.17, 15) is 4.79 Å². The Labute approximate surface area is 119 Å². The molecule has 2 aromatic carbocycles. The van der Waals surface area contributed by atoms with Gasteiger partial charge in [0, 0.05) is 6.42 Å². The minimum absolute atomic E-state index is 0.195. The quantitative estimate of drug-likeness (QED) is 0.755. The average Bonchev–Trinajstić information content (AvgIpc) is 2.52. The molecule has 0 atom stereocenters. The van der Waals surface area contributed by atoms with Gasteiger partial charge in [-0.15, -0.1) is 0 Å². The maximum absolute atomic E-state index is 11.7. The molecule has 0 aromatic heterocycles. The van der Waals surface area contributed by atoms with E-state index in [0.717, 1.165) is 16.9 Å². The number of benzene rings is 2. The largest absolute Gasteiger partial charge is 0.496 e. The molecule has 2 rings (SSSR count). The number of rotatable bonds is 6. The lowest BCUT2D eigenvalue weighted by Crippen LogP contribution is -2.06. The van der Waals surface area contributed by atoms with Gasteiger partial charge in [0.1, 0.15) is 12.4 Å². The molecule has 0 aliphatic rings. The number of ether oxygens (including phenoxy) is 2. The number of esters is 1. The summed E-state index contributed by atoms with van der Waals surface area (Å²) in [6, 6.07) is 17.4. The van der Waals surface area contributed by atoms with E-state index >= 15 is 0 Å². The fourth-order valence-corrected chi connectivity index (χ4v) is 1.96. The van der Waals surface area contributed by atoms with Crippen LogP contribution in [-0.2, 0) is 22.6 Å². The second kappa shape index (κ2) is 7.34. The summed E-state index contributed by atoms with van der Waals surface area (Å²) in [7, 11) is 1.63. The number of hydrogen-bond acceptors (Lipinski definition) is 3. The molecule has 0 aliphatic heterocycles. The molecule has 0 fully saturated rings. The summed E-state index contributed by atoms with van der Waals surface area (Å²) in [6.45, 7) is 0.325. The minimum Gasteiger partial charge on any atom is -0.496 e. The first-order chi connectivity index (χ1) is 9.79. The highest BCUT2D eigenvalue weighted by atomic mass is 16.5. The van der Waals surface area contributed by atoms with Gasteiger partial charge in [0.25, 0.3) is 0 Å². The van der Waals surface area contributed by atoms with E-state index in [0.29, 0.717) is 19.4 Å². The van der Waals surface area contributed by atoms with Crippen molar-refractivity contribution < 1.29 is 14.3 Å². The number of aryl methyl sites for hydroxylation is 1. The Kier molecular flexibility index (Phi) is 5.18. The second-order valence-electron chi connectivity index (χ2n) is 4.46. The Morgan fingerprint density at radius 1 is 1.00 bits per heavy atom. The molecule has 0 N–H and O–H groups in total. The highest BCUT2D eigenvalue weighted by Gasteiger charge is 2.07. The van der Waals surface area contributed by atoms with Gasteiger partial charge in [-0.3, -0.25) is 4.79 Å². The van der Waals surface area contributed by atoms with Gasteiger partial charge in [-0.25, -0.2) is 0 Å². The van der Waals surface area contributed by atoms with Crippen LogP contribution >= 0.6 is 0 Å². The van der Waals surface area contributed by atoms with Gasteiger partial charge < -0.3 is 9.47 Å². The molecule has 2 aromatic rings. The van der Waals surface area contributed by atoms with Crippen molar-refractivity contribution >= 4 is 5.97 Å². The van der Waals surface area contributed by atoms with Gasteiger partial charge in [-0.2, -0.15) is 0 Å². The Morgan fingerprint density at radius 2 is 1.70 bits per heavy atom. The van der Waals surface area contributed by atoms with Gasteiger partial charge in [0.05, 0.1) is 7.11 Å². The third kappa shape index (κ3) is 4.12. The van der Waals surface area contributed by atoms with Crippen molar-refractivity contribution in [2.75, 3.05) is 7.11 Å². The lowest BCUT2D eigenvalue weighted by atomic mass is 10.1. The third-order valence-electron chi connectivity index (χ3n) is 3.03. The Hall–Kier alpha value is -2.29. The van der Waals surface area contributed by atoms with E-state index in [1.54, 1.807) is 7.11 Å². The maximum Gasteiger partial charge on any atom is 0.306 e. The van der Waals surface area contributed by atoms with Crippen molar-refractivity contribution in [3.63, 3.8) is 0 Å². The van der Waals surface area contributed by atoms with Crippen molar-refractivity contribution in [2.24, 2.45) is 0 Å². The normalized spacial score (nSPS) is 10.1. The summed E-state index contributed by atoms with van der Waals surface area (Å²) >= 11 is 0. The summed E-state index contributed by atoms with van der Waals surface area (Å²) in [5.74, 6) is 0.614. The molecule has 3 heteroatoms. The lowest BCUT2D eigenvalue weighted by molar-refractivity contribution is -0.144. The fourth-order valence-electron chi connectivity index (χ4n) is 1.96. The van der Waals surface area contributed by atoms with Gasteiger partial charge in [0.15, 0.2) is 0 Å². The minimum atomic E-state index is -0.195. The highest BCUT2D eigenvalue weighted by molar-refractivity contribution is 5.69. The first-order valence-corrected chi connectivity index (χ1v) is 6.61. The monoisotopic (exact) mass is 270 g/mol. The standard InChI is InChI=1S/C17H18O3/c1-19-16-10-6-5-9-15(16)11-12-17(18)20-13-14-7-3-2-4-8-14/h2-10H,11-13H2,1H3. The Balaban J connectivity index is 1.80. The smallest absolute Gasteiger partial charge is 0.306 e. The van der Waals surface area contributed by atoms with E-state index in [-0.39, 0.29) is 5.97 Å². The zero-order valence-corrected chi connectivity index (χ0v) is 11.5. The molecule has 0 radical (unpaired) electrons. The van der Waals surface area contributed by atoms with Crippen LogP contribution in [-0.4, -0.2) is 13.1 Å². The van der Waals surface area contributed by atoms with E-state index in [2.05, 4.69) is 0 Å². The molecule has 0 unspecified atom stereocenters. The molecular weight excluding hydrogens is 252 g/mol. The fraction of sp³-hybridized carbons (Fsp3) is 0.235. The zero-order chi connectivity index (χ0) is 14.2. The van der Waals surface area contributed by atoms with E-state index in [1.165, 1.54) is 0 Å². The number of para-hydroxylation sites is 1.